The Hall–Kier alpha value is -0.750. The average molecular weight is 202 g/mol. The first-order valence-electron chi connectivity index (χ1n) is 4.31. The SMILES string of the molecule is COCCCCCn1[nH]nnc1=S. The first-order valence-corrected chi connectivity index (χ1v) is 4.72. The van der Waals surface area contributed by atoms with Crippen molar-refractivity contribution in [2.24, 2.45) is 0 Å². The molecule has 74 valence electrons. The summed E-state index contributed by atoms with van der Waals surface area (Å²) < 4.78 is 7.23. The largest absolute Gasteiger partial charge is 0.385 e. The lowest BCUT2D eigenvalue weighted by atomic mass is 10.2. The molecule has 1 aromatic rings. The molecule has 0 amide bonds. The second-order valence-electron chi connectivity index (χ2n) is 2.79. The fourth-order valence-corrected chi connectivity index (χ4v) is 1.23. The van der Waals surface area contributed by atoms with Crippen molar-refractivity contribution < 1.29 is 4.74 Å². The molecule has 0 bridgehead atoms. The summed E-state index contributed by atoms with van der Waals surface area (Å²) in [5, 5.41) is 9.99. The second kappa shape index (κ2) is 5.82. The van der Waals surface area contributed by atoms with Crippen LogP contribution in [0.15, 0.2) is 0 Å². The summed E-state index contributed by atoms with van der Waals surface area (Å²) in [6, 6.07) is 0. The van der Waals surface area contributed by atoms with E-state index in [1.165, 1.54) is 0 Å². The lowest BCUT2D eigenvalue weighted by Crippen LogP contribution is -2.01. The van der Waals surface area contributed by atoms with Crippen LogP contribution in [0.25, 0.3) is 0 Å². The highest BCUT2D eigenvalue weighted by molar-refractivity contribution is 7.71. The highest BCUT2D eigenvalue weighted by Crippen LogP contribution is 1.98. The Bertz CT molecular complexity index is 282. The van der Waals surface area contributed by atoms with Gasteiger partial charge >= 0.3 is 0 Å². The maximum absolute atomic E-state index is 4.94. The van der Waals surface area contributed by atoms with Gasteiger partial charge in [-0.25, -0.2) is 4.68 Å². The molecule has 0 saturated heterocycles. The minimum Gasteiger partial charge on any atom is -0.385 e. The number of H-pyrrole nitrogens is 1. The third-order valence-electron chi connectivity index (χ3n) is 1.76. The van der Waals surface area contributed by atoms with E-state index in [-0.39, 0.29) is 0 Å². The molecule has 0 fully saturated rings. The van der Waals surface area contributed by atoms with Crippen molar-refractivity contribution in [1.29, 1.82) is 0 Å². The van der Waals surface area contributed by atoms with E-state index >= 15 is 0 Å². The summed E-state index contributed by atoms with van der Waals surface area (Å²) in [5.41, 5.74) is 0. The molecule has 0 aromatic carbocycles. The van der Waals surface area contributed by atoms with Crippen LogP contribution < -0.4 is 0 Å². The second-order valence-corrected chi connectivity index (χ2v) is 3.15. The Balaban J connectivity index is 2.13. The summed E-state index contributed by atoms with van der Waals surface area (Å²) in [6.07, 6.45) is 3.29. The molecule has 1 aromatic heterocycles. The number of ether oxygens (including phenoxy) is 1. The number of nitrogens with zero attached hydrogens (tertiary/aromatic N) is 3. The predicted molar refractivity (Wildman–Crippen MR) is 50.9 cm³/mol. The highest BCUT2D eigenvalue weighted by atomic mass is 32.1. The maximum atomic E-state index is 4.94. The number of methoxy groups -OCH3 is 1. The fraction of sp³-hybridized carbons (Fsp3) is 0.857. The summed E-state index contributed by atoms with van der Waals surface area (Å²) >= 11 is 4.92. The van der Waals surface area contributed by atoms with Gasteiger partial charge < -0.3 is 4.74 Å². The minimum absolute atomic E-state index is 0.520. The molecule has 13 heavy (non-hydrogen) atoms. The first-order chi connectivity index (χ1) is 6.34. The number of hydrogen-bond acceptors (Lipinski definition) is 4. The van der Waals surface area contributed by atoms with Gasteiger partial charge in [0.05, 0.1) is 0 Å². The number of aryl methyl sites for hydroxylation is 1. The predicted octanol–water partition coefficient (Wildman–Crippen LogP) is 1.15. The Morgan fingerprint density at radius 1 is 1.46 bits per heavy atom. The molecule has 0 unspecified atom stereocenters. The smallest absolute Gasteiger partial charge is 0.238 e. The number of tetrazole rings is 1. The quantitative estimate of drug-likeness (QED) is 0.555. The van der Waals surface area contributed by atoms with Gasteiger partial charge in [0.1, 0.15) is 0 Å². The van der Waals surface area contributed by atoms with E-state index in [0.717, 1.165) is 32.4 Å². The average Bonchev–Trinajstić information content (AvgIpc) is 2.52. The van der Waals surface area contributed by atoms with E-state index in [0.29, 0.717) is 4.77 Å². The summed E-state index contributed by atoms with van der Waals surface area (Å²) in [6.45, 7) is 1.68. The highest BCUT2D eigenvalue weighted by Gasteiger charge is 1.94. The summed E-state index contributed by atoms with van der Waals surface area (Å²) in [5.74, 6) is 0. The molecule has 5 nitrogen and oxygen atoms in total. The van der Waals surface area contributed by atoms with Crippen LogP contribution in [0.5, 0.6) is 0 Å². The summed E-state index contributed by atoms with van der Waals surface area (Å²) in [4.78, 5) is 0. The van der Waals surface area contributed by atoms with Crippen LogP contribution in [0.1, 0.15) is 19.3 Å². The fourth-order valence-electron chi connectivity index (χ4n) is 1.05. The van der Waals surface area contributed by atoms with E-state index in [1.807, 2.05) is 0 Å². The van der Waals surface area contributed by atoms with E-state index in [1.54, 1.807) is 11.8 Å². The van der Waals surface area contributed by atoms with Crippen LogP contribution in [-0.2, 0) is 11.3 Å². The Morgan fingerprint density at radius 3 is 2.92 bits per heavy atom. The normalized spacial score (nSPS) is 10.5. The van der Waals surface area contributed by atoms with Crippen LogP contribution >= 0.6 is 12.2 Å². The zero-order valence-electron chi connectivity index (χ0n) is 7.69. The van der Waals surface area contributed by atoms with Gasteiger partial charge in [0, 0.05) is 20.3 Å². The molecule has 0 atom stereocenters. The number of aromatic amines is 1. The molecule has 1 heterocycles. The molecule has 1 rings (SSSR count). The number of rotatable bonds is 6. The Labute approximate surface area is 82.1 Å². The van der Waals surface area contributed by atoms with Crippen LogP contribution in [0.3, 0.4) is 0 Å². The lowest BCUT2D eigenvalue weighted by Gasteiger charge is -2.00. The Kier molecular flexibility index (Phi) is 4.63. The van der Waals surface area contributed by atoms with E-state index in [9.17, 15) is 0 Å². The van der Waals surface area contributed by atoms with Gasteiger partial charge in [-0.3, -0.25) is 0 Å². The number of aromatic nitrogens is 4. The summed E-state index contributed by atoms with van der Waals surface area (Å²) in [7, 11) is 1.72. The zero-order chi connectivity index (χ0) is 9.52. The minimum atomic E-state index is 0.520. The van der Waals surface area contributed by atoms with Crippen molar-refractivity contribution >= 4 is 12.2 Å². The molecule has 0 aliphatic heterocycles. The van der Waals surface area contributed by atoms with Crippen LogP contribution in [0, 0.1) is 4.77 Å². The van der Waals surface area contributed by atoms with E-state index < -0.39 is 0 Å². The van der Waals surface area contributed by atoms with Crippen molar-refractivity contribution in [3.63, 3.8) is 0 Å². The Morgan fingerprint density at radius 2 is 2.31 bits per heavy atom. The van der Waals surface area contributed by atoms with Gasteiger partial charge in [-0.1, -0.05) is 10.3 Å². The van der Waals surface area contributed by atoms with Crippen molar-refractivity contribution in [3.8, 4) is 0 Å². The van der Waals surface area contributed by atoms with Crippen LogP contribution in [0.2, 0.25) is 0 Å². The molecule has 0 aliphatic carbocycles. The standard InChI is InChI=1S/C7H14N4OS/c1-12-6-4-2-3-5-11-7(13)8-9-10-11/h2-6H2,1H3,(H,8,10,13). The van der Waals surface area contributed by atoms with E-state index in [2.05, 4.69) is 15.5 Å². The molecular weight excluding hydrogens is 188 g/mol. The van der Waals surface area contributed by atoms with E-state index in [4.69, 9.17) is 17.0 Å². The van der Waals surface area contributed by atoms with Gasteiger partial charge in [-0.15, -0.1) is 0 Å². The number of nitrogens with one attached hydrogen (secondary N) is 1. The van der Waals surface area contributed by atoms with Gasteiger partial charge in [0.15, 0.2) is 0 Å². The van der Waals surface area contributed by atoms with Crippen molar-refractivity contribution in [2.45, 2.75) is 25.8 Å². The van der Waals surface area contributed by atoms with Crippen molar-refractivity contribution in [2.75, 3.05) is 13.7 Å². The number of unbranched alkanes of at least 4 members (excludes halogenated alkanes) is 2. The molecule has 0 spiro atoms. The maximum Gasteiger partial charge on any atom is 0.238 e. The van der Waals surface area contributed by atoms with Gasteiger partial charge in [0.25, 0.3) is 0 Å². The molecule has 0 aliphatic rings. The van der Waals surface area contributed by atoms with Gasteiger partial charge in [-0.2, -0.15) is 5.21 Å². The third kappa shape index (κ3) is 3.65. The topological polar surface area (TPSA) is 55.7 Å². The number of hydrogen-bond donors (Lipinski definition) is 1. The zero-order valence-corrected chi connectivity index (χ0v) is 8.51. The van der Waals surface area contributed by atoms with Crippen molar-refractivity contribution in [1.82, 2.24) is 20.2 Å². The molecule has 6 heteroatoms. The molecule has 0 radical (unpaired) electrons. The lowest BCUT2D eigenvalue weighted by molar-refractivity contribution is 0.191. The first kappa shape index (κ1) is 10.3. The van der Waals surface area contributed by atoms with Gasteiger partial charge in [0.2, 0.25) is 4.77 Å². The molecular formula is C7H14N4OS. The molecule has 0 saturated carbocycles. The van der Waals surface area contributed by atoms with Gasteiger partial charge in [-0.05, 0) is 31.5 Å². The van der Waals surface area contributed by atoms with Crippen molar-refractivity contribution in [3.05, 3.63) is 4.77 Å². The monoisotopic (exact) mass is 202 g/mol. The van der Waals surface area contributed by atoms with Crippen LogP contribution in [0.4, 0.5) is 0 Å². The third-order valence-corrected chi connectivity index (χ3v) is 2.06. The molecule has 1 N–H and O–H groups in total. The van der Waals surface area contributed by atoms with Crippen LogP contribution in [-0.4, -0.2) is 33.9 Å².